The molecule has 0 amide bonds. The van der Waals surface area contributed by atoms with E-state index in [-0.39, 0.29) is 10.8 Å². The zero-order valence-electron chi connectivity index (χ0n) is 25.4. The van der Waals surface area contributed by atoms with Gasteiger partial charge in [-0.2, -0.15) is 0 Å². The Morgan fingerprint density at radius 1 is 0.750 bits per heavy atom. The van der Waals surface area contributed by atoms with Crippen LogP contribution >= 0.6 is 0 Å². The minimum atomic E-state index is 0.172. The summed E-state index contributed by atoms with van der Waals surface area (Å²) in [6.07, 6.45) is 7.72. The second-order valence-electron chi connectivity index (χ2n) is 14.6. The summed E-state index contributed by atoms with van der Waals surface area (Å²) in [5.41, 5.74) is 10.5. The van der Waals surface area contributed by atoms with Crippen LogP contribution in [-0.2, 0) is 5.41 Å². The molecule has 4 unspecified atom stereocenters. The smallest absolute Gasteiger partial charge is 0.0534 e. The molecule has 4 atom stereocenters. The first-order valence-corrected chi connectivity index (χ1v) is 15.8. The second-order valence-corrected chi connectivity index (χ2v) is 14.6. The van der Waals surface area contributed by atoms with Crippen LogP contribution in [0.2, 0.25) is 0 Å². The monoisotopic (exact) mass is 530 g/mol. The molecule has 0 saturated heterocycles. The van der Waals surface area contributed by atoms with Gasteiger partial charge in [-0.1, -0.05) is 96.8 Å². The van der Waals surface area contributed by atoms with Crippen LogP contribution in [0.25, 0.3) is 16.6 Å². The lowest BCUT2D eigenvalue weighted by Crippen LogP contribution is -2.39. The maximum atomic E-state index is 2.74. The Morgan fingerprint density at radius 3 is 2.33 bits per heavy atom. The molecule has 2 nitrogen and oxygen atoms in total. The van der Waals surface area contributed by atoms with Crippen molar-refractivity contribution < 1.29 is 0 Å². The van der Waals surface area contributed by atoms with E-state index in [1.165, 1.54) is 72.2 Å². The van der Waals surface area contributed by atoms with Gasteiger partial charge in [0.15, 0.2) is 0 Å². The highest BCUT2D eigenvalue weighted by Crippen LogP contribution is 2.58. The van der Waals surface area contributed by atoms with Gasteiger partial charge in [-0.25, -0.2) is 0 Å². The van der Waals surface area contributed by atoms with Gasteiger partial charge in [0, 0.05) is 40.1 Å². The number of para-hydroxylation sites is 2. The zero-order valence-corrected chi connectivity index (χ0v) is 25.4. The van der Waals surface area contributed by atoms with Gasteiger partial charge >= 0.3 is 0 Å². The van der Waals surface area contributed by atoms with Crippen molar-refractivity contribution in [2.45, 2.75) is 103 Å². The molecule has 208 valence electrons. The standard InChI is InChI=1S/C38H46N2/c1-25-14-12-22-37(3,4)33-29-18-7-9-20-31(29)39(35(25)33)27-16-11-17-28(24-27)40-32-21-10-8-19-30(32)34-36(40)26(2)15-13-23-38(34,5)6/h7-11,16-21,24-26,33,35H,12-15,22-23H2,1-6H3. The predicted molar refractivity (Wildman–Crippen MR) is 170 cm³/mol. The lowest BCUT2D eigenvalue weighted by Gasteiger charge is -2.39. The van der Waals surface area contributed by atoms with E-state index in [1.54, 1.807) is 11.1 Å². The van der Waals surface area contributed by atoms with Gasteiger partial charge in [0.05, 0.1) is 5.52 Å². The summed E-state index contributed by atoms with van der Waals surface area (Å²) in [4.78, 5) is 2.74. The van der Waals surface area contributed by atoms with Gasteiger partial charge in [0.1, 0.15) is 0 Å². The van der Waals surface area contributed by atoms with Crippen molar-refractivity contribution in [1.82, 2.24) is 4.57 Å². The molecule has 7 rings (SSSR count). The largest absolute Gasteiger partial charge is 0.337 e. The lowest BCUT2D eigenvalue weighted by atomic mass is 9.70. The number of anilines is 2. The first-order valence-electron chi connectivity index (χ1n) is 15.8. The Balaban J connectivity index is 1.44. The quantitative estimate of drug-likeness (QED) is 0.234. The summed E-state index contributed by atoms with van der Waals surface area (Å²) < 4.78 is 2.63. The van der Waals surface area contributed by atoms with E-state index in [2.05, 4.69) is 124 Å². The molecule has 2 aliphatic carbocycles. The first kappa shape index (κ1) is 25.9. The van der Waals surface area contributed by atoms with Crippen molar-refractivity contribution in [2.24, 2.45) is 11.3 Å². The van der Waals surface area contributed by atoms with Crippen molar-refractivity contribution in [3.63, 3.8) is 0 Å². The molecule has 1 fully saturated rings. The number of hydrogen-bond donors (Lipinski definition) is 0. The molecular weight excluding hydrogens is 484 g/mol. The minimum Gasteiger partial charge on any atom is -0.337 e. The molecule has 4 aromatic rings. The van der Waals surface area contributed by atoms with E-state index in [0.717, 1.165) is 0 Å². The Kier molecular flexibility index (Phi) is 6.01. The van der Waals surface area contributed by atoms with Gasteiger partial charge in [-0.05, 0) is 89.8 Å². The van der Waals surface area contributed by atoms with Crippen molar-refractivity contribution in [2.75, 3.05) is 4.90 Å². The first-order chi connectivity index (χ1) is 19.2. The molecule has 3 aromatic carbocycles. The number of rotatable bonds is 2. The highest BCUT2D eigenvalue weighted by Gasteiger charge is 2.50. The summed E-state index contributed by atoms with van der Waals surface area (Å²) in [5.74, 6) is 1.73. The van der Waals surface area contributed by atoms with E-state index in [4.69, 9.17) is 0 Å². The molecule has 0 spiro atoms. The highest BCUT2D eigenvalue weighted by atomic mass is 15.2. The third-order valence-electron chi connectivity index (χ3n) is 10.9. The lowest BCUT2D eigenvalue weighted by molar-refractivity contribution is 0.245. The molecule has 40 heavy (non-hydrogen) atoms. The van der Waals surface area contributed by atoms with Crippen molar-refractivity contribution in [3.8, 4) is 5.69 Å². The highest BCUT2D eigenvalue weighted by molar-refractivity contribution is 5.89. The van der Waals surface area contributed by atoms with Crippen LogP contribution in [0.4, 0.5) is 11.4 Å². The molecular formula is C38H46N2. The maximum absolute atomic E-state index is 2.74. The van der Waals surface area contributed by atoms with Crippen LogP contribution in [0.1, 0.15) is 109 Å². The van der Waals surface area contributed by atoms with Crippen molar-refractivity contribution in [1.29, 1.82) is 0 Å². The molecule has 2 heterocycles. The summed E-state index contributed by atoms with van der Waals surface area (Å²) in [7, 11) is 0. The fraction of sp³-hybridized carbons (Fsp3) is 0.474. The zero-order chi connectivity index (χ0) is 27.8. The molecule has 1 aromatic heterocycles. The van der Waals surface area contributed by atoms with E-state index in [1.807, 2.05) is 0 Å². The third-order valence-corrected chi connectivity index (χ3v) is 10.9. The predicted octanol–water partition coefficient (Wildman–Crippen LogP) is 10.6. The SMILES string of the molecule is CC1CCCC(C)(C)c2c1n(-c1cccc(N3c4ccccc4C4C3C(C)CCCC4(C)C)c1)c1ccccc21. The van der Waals surface area contributed by atoms with Crippen LogP contribution in [0.15, 0.2) is 72.8 Å². The summed E-state index contributed by atoms with van der Waals surface area (Å²) >= 11 is 0. The van der Waals surface area contributed by atoms with Gasteiger partial charge in [-0.15, -0.1) is 0 Å². The van der Waals surface area contributed by atoms with E-state index in [0.29, 0.717) is 23.8 Å². The molecule has 3 aliphatic rings. The van der Waals surface area contributed by atoms with Crippen molar-refractivity contribution >= 4 is 22.3 Å². The second kappa shape index (κ2) is 9.26. The number of nitrogens with zero attached hydrogens (tertiary/aromatic N) is 2. The normalized spacial score (nSPS) is 27.0. The van der Waals surface area contributed by atoms with Crippen LogP contribution in [0, 0.1) is 11.3 Å². The number of aromatic nitrogens is 1. The van der Waals surface area contributed by atoms with Crippen LogP contribution in [-0.4, -0.2) is 10.6 Å². The Bertz CT molecular complexity index is 1570. The van der Waals surface area contributed by atoms with E-state index >= 15 is 0 Å². The van der Waals surface area contributed by atoms with Gasteiger partial charge in [0.2, 0.25) is 0 Å². The van der Waals surface area contributed by atoms with Crippen LogP contribution in [0.5, 0.6) is 0 Å². The van der Waals surface area contributed by atoms with E-state index in [9.17, 15) is 0 Å². The Morgan fingerprint density at radius 2 is 1.48 bits per heavy atom. The molecule has 2 heteroatoms. The molecule has 1 saturated carbocycles. The fourth-order valence-electron chi connectivity index (χ4n) is 9.06. The number of fused-ring (bicyclic) bond motifs is 6. The van der Waals surface area contributed by atoms with E-state index < -0.39 is 0 Å². The summed E-state index contributed by atoms with van der Waals surface area (Å²) in [6.45, 7) is 14.9. The summed E-state index contributed by atoms with van der Waals surface area (Å²) in [6, 6.07) is 28.5. The average Bonchev–Trinajstić information content (AvgIpc) is 3.40. The summed E-state index contributed by atoms with van der Waals surface area (Å²) in [5, 5.41) is 1.44. The van der Waals surface area contributed by atoms with Crippen molar-refractivity contribution in [3.05, 3.63) is 89.6 Å². The van der Waals surface area contributed by atoms with Gasteiger partial charge in [0.25, 0.3) is 0 Å². The fourth-order valence-corrected chi connectivity index (χ4v) is 9.06. The van der Waals surface area contributed by atoms with Gasteiger partial charge in [-0.3, -0.25) is 0 Å². The number of hydrogen-bond acceptors (Lipinski definition) is 1. The molecule has 1 aliphatic heterocycles. The molecule has 0 bridgehead atoms. The maximum Gasteiger partial charge on any atom is 0.0534 e. The molecule has 0 N–H and O–H groups in total. The molecule has 0 radical (unpaired) electrons. The topological polar surface area (TPSA) is 8.17 Å². The average molecular weight is 531 g/mol. The van der Waals surface area contributed by atoms with Crippen LogP contribution in [0.3, 0.4) is 0 Å². The van der Waals surface area contributed by atoms with Crippen LogP contribution < -0.4 is 4.90 Å². The Labute approximate surface area is 241 Å². The minimum absolute atomic E-state index is 0.172. The number of benzene rings is 3. The van der Waals surface area contributed by atoms with Gasteiger partial charge < -0.3 is 9.47 Å². The Hall–Kier alpha value is -3.00. The third kappa shape index (κ3) is 3.81.